The number of rotatable bonds is 3. The van der Waals surface area contributed by atoms with Gasteiger partial charge in [-0.15, -0.1) is 0 Å². The highest BCUT2D eigenvalue weighted by molar-refractivity contribution is 5.69. The Morgan fingerprint density at radius 1 is 1.50 bits per heavy atom. The molecule has 0 aromatic carbocycles. The lowest BCUT2D eigenvalue weighted by Gasteiger charge is -1.95. The number of nitrogens with zero attached hydrogens (tertiary/aromatic N) is 2. The number of carboxylic acids is 1. The maximum atomic E-state index is 10.2. The predicted molar refractivity (Wildman–Crippen MR) is 60.1 cm³/mol. The number of aromatic nitrogens is 1. The van der Waals surface area contributed by atoms with Crippen molar-refractivity contribution in [2.45, 2.75) is 13.3 Å². The molecule has 0 aliphatic carbocycles. The van der Waals surface area contributed by atoms with Gasteiger partial charge in [-0.05, 0) is 18.6 Å². The van der Waals surface area contributed by atoms with Gasteiger partial charge in [0.2, 0.25) is 6.41 Å². The van der Waals surface area contributed by atoms with Crippen LogP contribution in [0.4, 0.5) is 0 Å². The van der Waals surface area contributed by atoms with Crippen molar-refractivity contribution < 1.29 is 14.7 Å². The van der Waals surface area contributed by atoms with Gasteiger partial charge in [0.15, 0.2) is 0 Å². The van der Waals surface area contributed by atoms with E-state index >= 15 is 0 Å². The summed E-state index contributed by atoms with van der Waals surface area (Å²) in [5, 5.41) is 8.40. The molecule has 5 heteroatoms. The summed E-state index contributed by atoms with van der Waals surface area (Å²) < 4.78 is 0. The molecule has 16 heavy (non-hydrogen) atoms. The van der Waals surface area contributed by atoms with Crippen LogP contribution in [0.2, 0.25) is 0 Å². The molecule has 1 aromatic heterocycles. The highest BCUT2D eigenvalue weighted by Gasteiger charge is 1.99. The lowest BCUT2D eigenvalue weighted by Crippen LogP contribution is -2.06. The zero-order chi connectivity index (χ0) is 12.6. The van der Waals surface area contributed by atoms with Crippen LogP contribution in [0.5, 0.6) is 0 Å². The molecule has 1 heterocycles. The summed E-state index contributed by atoms with van der Waals surface area (Å²) in [6, 6.07) is 3.58. The Kier molecular flexibility index (Phi) is 6.51. The summed E-state index contributed by atoms with van der Waals surface area (Å²) in [7, 11) is 3.38. The van der Waals surface area contributed by atoms with Gasteiger partial charge in [0.1, 0.15) is 0 Å². The monoisotopic (exact) mass is 224 g/mol. The van der Waals surface area contributed by atoms with Crippen molar-refractivity contribution >= 4 is 12.4 Å². The van der Waals surface area contributed by atoms with Crippen LogP contribution in [0.15, 0.2) is 18.3 Å². The molecule has 88 valence electrons. The largest absolute Gasteiger partial charge is 0.481 e. The van der Waals surface area contributed by atoms with Gasteiger partial charge < -0.3 is 10.0 Å². The van der Waals surface area contributed by atoms with Crippen LogP contribution in [0.3, 0.4) is 0 Å². The summed E-state index contributed by atoms with van der Waals surface area (Å²) in [6.45, 7) is 1.91. The van der Waals surface area contributed by atoms with Crippen LogP contribution in [-0.2, 0) is 16.0 Å². The Labute approximate surface area is 94.7 Å². The van der Waals surface area contributed by atoms with Gasteiger partial charge in [0.05, 0.1) is 12.1 Å². The molecule has 0 atom stereocenters. The third kappa shape index (κ3) is 7.49. The molecular formula is C11H16N2O3. The van der Waals surface area contributed by atoms with Gasteiger partial charge in [-0.1, -0.05) is 6.07 Å². The fourth-order valence-electron chi connectivity index (χ4n) is 0.758. The van der Waals surface area contributed by atoms with Crippen LogP contribution in [0, 0.1) is 6.92 Å². The standard InChI is InChI=1S/C8H9NO2.C3H7NO/c1-6-2-3-7(9-5-6)4-8(10)11;1-4(2)3-5/h2-3,5H,4H2,1H3,(H,10,11);3H,1-2H3. The van der Waals surface area contributed by atoms with Crippen molar-refractivity contribution in [1.29, 1.82) is 0 Å². The first-order chi connectivity index (χ1) is 7.45. The van der Waals surface area contributed by atoms with E-state index in [1.807, 2.05) is 13.0 Å². The van der Waals surface area contributed by atoms with E-state index in [0.29, 0.717) is 5.69 Å². The van der Waals surface area contributed by atoms with E-state index in [4.69, 9.17) is 5.11 Å². The molecule has 5 nitrogen and oxygen atoms in total. The van der Waals surface area contributed by atoms with Crippen LogP contribution in [0.1, 0.15) is 11.3 Å². The van der Waals surface area contributed by atoms with Crippen LogP contribution < -0.4 is 0 Å². The second kappa shape index (κ2) is 7.39. The number of aryl methyl sites for hydroxylation is 1. The zero-order valence-electron chi connectivity index (χ0n) is 9.67. The minimum Gasteiger partial charge on any atom is -0.481 e. The normalized spacial score (nSPS) is 8.69. The number of amides is 1. The summed E-state index contributed by atoms with van der Waals surface area (Å²) in [6.07, 6.45) is 2.42. The minimum absolute atomic E-state index is 0.000278. The van der Waals surface area contributed by atoms with Gasteiger partial charge in [0.25, 0.3) is 0 Å². The Morgan fingerprint density at radius 2 is 2.06 bits per heavy atom. The molecule has 0 unspecified atom stereocenters. The Balaban J connectivity index is 0.000000385. The average Bonchev–Trinajstić information content (AvgIpc) is 2.22. The number of pyridine rings is 1. The molecular weight excluding hydrogens is 208 g/mol. The number of hydrogen-bond acceptors (Lipinski definition) is 3. The first kappa shape index (κ1) is 14.1. The Morgan fingerprint density at radius 3 is 2.38 bits per heavy atom. The third-order valence-corrected chi connectivity index (χ3v) is 1.52. The first-order valence-corrected chi connectivity index (χ1v) is 4.70. The first-order valence-electron chi connectivity index (χ1n) is 4.70. The predicted octanol–water partition coefficient (Wildman–Crippen LogP) is 0.722. The van der Waals surface area contributed by atoms with E-state index in [-0.39, 0.29) is 6.42 Å². The van der Waals surface area contributed by atoms with Crippen molar-refractivity contribution in [2.75, 3.05) is 14.1 Å². The summed E-state index contributed by atoms with van der Waals surface area (Å²) in [5.41, 5.74) is 1.64. The van der Waals surface area contributed by atoms with E-state index in [1.165, 1.54) is 4.90 Å². The number of aliphatic carboxylic acids is 1. The van der Waals surface area contributed by atoms with Gasteiger partial charge in [-0.3, -0.25) is 14.6 Å². The maximum Gasteiger partial charge on any atom is 0.309 e. The molecule has 0 fully saturated rings. The fourth-order valence-corrected chi connectivity index (χ4v) is 0.758. The molecule has 1 rings (SSSR count). The maximum absolute atomic E-state index is 10.2. The third-order valence-electron chi connectivity index (χ3n) is 1.52. The van der Waals surface area contributed by atoms with E-state index < -0.39 is 5.97 Å². The van der Waals surface area contributed by atoms with Crippen LogP contribution >= 0.6 is 0 Å². The van der Waals surface area contributed by atoms with Crippen molar-refractivity contribution in [3.63, 3.8) is 0 Å². The van der Waals surface area contributed by atoms with Gasteiger partial charge in [-0.25, -0.2) is 0 Å². The van der Waals surface area contributed by atoms with E-state index in [9.17, 15) is 9.59 Å². The van der Waals surface area contributed by atoms with Crippen molar-refractivity contribution in [1.82, 2.24) is 9.88 Å². The van der Waals surface area contributed by atoms with Crippen molar-refractivity contribution in [3.8, 4) is 0 Å². The molecule has 0 aliphatic rings. The molecule has 1 aromatic rings. The summed E-state index contributed by atoms with van der Waals surface area (Å²) >= 11 is 0. The number of hydrogen-bond donors (Lipinski definition) is 1. The van der Waals surface area contributed by atoms with Gasteiger partial charge in [-0.2, -0.15) is 0 Å². The smallest absolute Gasteiger partial charge is 0.309 e. The quantitative estimate of drug-likeness (QED) is 0.768. The summed E-state index contributed by atoms with van der Waals surface area (Å²) in [5.74, 6) is -0.846. The highest BCUT2D eigenvalue weighted by atomic mass is 16.4. The number of carbonyl (C=O) groups is 2. The molecule has 0 bridgehead atoms. The second-order valence-electron chi connectivity index (χ2n) is 3.47. The highest BCUT2D eigenvalue weighted by Crippen LogP contribution is 1.98. The molecule has 1 N–H and O–H groups in total. The molecule has 0 radical (unpaired) electrons. The Bertz CT molecular complexity index is 334. The van der Waals surface area contributed by atoms with Crippen molar-refractivity contribution in [2.24, 2.45) is 0 Å². The summed E-state index contributed by atoms with van der Waals surface area (Å²) in [4.78, 5) is 25.0. The molecule has 0 aliphatic heterocycles. The molecule has 0 saturated heterocycles. The molecule has 1 amide bonds. The topological polar surface area (TPSA) is 70.5 Å². The van der Waals surface area contributed by atoms with E-state index in [2.05, 4.69) is 4.98 Å². The zero-order valence-corrected chi connectivity index (χ0v) is 9.67. The number of carbonyl (C=O) groups excluding carboxylic acids is 1. The molecule has 0 saturated carbocycles. The Hall–Kier alpha value is -1.91. The van der Waals surface area contributed by atoms with Crippen LogP contribution in [0.25, 0.3) is 0 Å². The van der Waals surface area contributed by atoms with E-state index in [1.54, 1.807) is 26.4 Å². The lowest BCUT2D eigenvalue weighted by atomic mass is 10.2. The lowest BCUT2D eigenvalue weighted by molar-refractivity contribution is -0.136. The van der Waals surface area contributed by atoms with Crippen molar-refractivity contribution in [3.05, 3.63) is 29.6 Å². The SMILES string of the molecule is CN(C)C=O.Cc1ccc(CC(=O)O)nc1. The second-order valence-corrected chi connectivity index (χ2v) is 3.47. The minimum atomic E-state index is -0.846. The van der Waals surface area contributed by atoms with E-state index in [0.717, 1.165) is 12.0 Å². The molecule has 0 spiro atoms. The number of carboxylic acid groups (broad SMARTS) is 1. The van der Waals surface area contributed by atoms with Gasteiger partial charge >= 0.3 is 5.97 Å². The van der Waals surface area contributed by atoms with Gasteiger partial charge in [0, 0.05) is 20.3 Å². The van der Waals surface area contributed by atoms with Crippen LogP contribution in [-0.4, -0.2) is 41.5 Å². The fraction of sp³-hybridized carbons (Fsp3) is 0.364. The average molecular weight is 224 g/mol.